The third-order valence-corrected chi connectivity index (χ3v) is 5.55. The minimum absolute atomic E-state index is 0.152. The average Bonchev–Trinajstić information content (AvgIpc) is 2.74. The first-order chi connectivity index (χ1) is 14.9. The number of ether oxygens (including phenoxy) is 2. The number of nitrogens with zero attached hydrogens (tertiary/aromatic N) is 1. The first-order valence-corrected chi connectivity index (χ1v) is 11.3. The number of fused-ring (bicyclic) bond motifs is 2. The molecular formula is C23H25NO6S. The highest BCUT2D eigenvalue weighted by Gasteiger charge is 2.21. The zero-order chi connectivity index (χ0) is 22.5. The van der Waals surface area contributed by atoms with Crippen LogP contribution in [-0.4, -0.2) is 35.9 Å². The molecule has 8 heteroatoms. The van der Waals surface area contributed by atoms with Crippen LogP contribution in [0.3, 0.4) is 0 Å². The van der Waals surface area contributed by atoms with E-state index in [-0.39, 0.29) is 30.1 Å². The molecule has 0 aliphatic heterocycles. The highest BCUT2D eigenvalue weighted by Crippen LogP contribution is 2.34. The summed E-state index contributed by atoms with van der Waals surface area (Å²) in [4.78, 5) is 42.9. The van der Waals surface area contributed by atoms with Gasteiger partial charge in [-0.05, 0) is 38.2 Å². The number of thioether (sulfide) groups is 1. The highest BCUT2D eigenvalue weighted by molar-refractivity contribution is 7.99. The van der Waals surface area contributed by atoms with E-state index in [4.69, 9.17) is 13.9 Å². The Kier molecular flexibility index (Phi) is 7.33. The van der Waals surface area contributed by atoms with Gasteiger partial charge in [0.15, 0.2) is 5.43 Å². The van der Waals surface area contributed by atoms with Gasteiger partial charge in [-0.2, -0.15) is 0 Å². The standard InChI is InChI=1S/C23H25NO6S/c1-5-9-13-20-15(19(31-8-4)11-16(24-20)22(26)28-6-2)10-14-17(25)12-18(30-21(13)14)23(27)29-7-3/h10-12H,5-9H2,1-4H3. The van der Waals surface area contributed by atoms with Crippen molar-refractivity contribution >= 4 is 45.6 Å². The summed E-state index contributed by atoms with van der Waals surface area (Å²) in [6.07, 6.45) is 1.31. The molecule has 0 spiro atoms. The smallest absolute Gasteiger partial charge is 0.374 e. The molecule has 164 valence electrons. The zero-order valence-corrected chi connectivity index (χ0v) is 18.9. The lowest BCUT2D eigenvalue weighted by atomic mass is 10.0. The van der Waals surface area contributed by atoms with E-state index in [1.165, 1.54) is 0 Å². The number of rotatable bonds is 8. The van der Waals surface area contributed by atoms with Crippen molar-refractivity contribution in [3.8, 4) is 0 Å². The van der Waals surface area contributed by atoms with Gasteiger partial charge in [0.05, 0.1) is 24.1 Å². The lowest BCUT2D eigenvalue weighted by Crippen LogP contribution is -2.12. The molecule has 1 aromatic carbocycles. The van der Waals surface area contributed by atoms with Gasteiger partial charge in [-0.3, -0.25) is 4.79 Å². The Morgan fingerprint density at radius 3 is 2.35 bits per heavy atom. The summed E-state index contributed by atoms with van der Waals surface area (Å²) in [6, 6.07) is 4.59. The molecule has 0 amide bonds. The van der Waals surface area contributed by atoms with Crippen LogP contribution in [0, 0.1) is 0 Å². The summed E-state index contributed by atoms with van der Waals surface area (Å²) in [5, 5.41) is 1.14. The molecule has 0 unspecified atom stereocenters. The predicted octanol–water partition coefficient (Wildman–Crippen LogP) is 4.76. The van der Waals surface area contributed by atoms with Crippen molar-refractivity contribution in [1.29, 1.82) is 0 Å². The third-order valence-electron chi connectivity index (χ3n) is 4.61. The maximum absolute atomic E-state index is 12.9. The first-order valence-electron chi connectivity index (χ1n) is 10.4. The van der Waals surface area contributed by atoms with E-state index in [0.717, 1.165) is 28.5 Å². The molecule has 0 radical (unpaired) electrons. The molecular weight excluding hydrogens is 418 g/mol. The Morgan fingerprint density at radius 2 is 1.71 bits per heavy atom. The van der Waals surface area contributed by atoms with E-state index >= 15 is 0 Å². The maximum Gasteiger partial charge on any atom is 0.374 e. The highest BCUT2D eigenvalue weighted by atomic mass is 32.2. The summed E-state index contributed by atoms with van der Waals surface area (Å²) < 4.78 is 16.0. The molecule has 7 nitrogen and oxygen atoms in total. The van der Waals surface area contributed by atoms with E-state index in [1.807, 2.05) is 13.8 Å². The maximum atomic E-state index is 12.9. The number of esters is 2. The Bertz CT molecular complexity index is 1200. The number of carbonyl (C=O) groups is 2. The van der Waals surface area contributed by atoms with Crippen molar-refractivity contribution in [2.75, 3.05) is 19.0 Å². The monoisotopic (exact) mass is 443 g/mol. The van der Waals surface area contributed by atoms with Crippen molar-refractivity contribution in [3.05, 3.63) is 45.4 Å². The van der Waals surface area contributed by atoms with E-state index in [1.54, 1.807) is 37.7 Å². The number of hydrogen-bond donors (Lipinski definition) is 0. The topological polar surface area (TPSA) is 95.7 Å². The van der Waals surface area contributed by atoms with Crippen molar-refractivity contribution in [2.45, 2.75) is 45.4 Å². The molecule has 2 aromatic heterocycles. The number of hydrogen-bond acceptors (Lipinski definition) is 8. The van der Waals surface area contributed by atoms with Gasteiger partial charge in [0.2, 0.25) is 5.76 Å². The van der Waals surface area contributed by atoms with E-state index in [2.05, 4.69) is 4.98 Å². The van der Waals surface area contributed by atoms with Gasteiger partial charge in [-0.25, -0.2) is 14.6 Å². The van der Waals surface area contributed by atoms with Crippen LogP contribution in [0.2, 0.25) is 0 Å². The van der Waals surface area contributed by atoms with Crippen LogP contribution in [0.5, 0.6) is 0 Å². The molecule has 0 atom stereocenters. The van der Waals surface area contributed by atoms with Crippen LogP contribution in [0.25, 0.3) is 21.9 Å². The van der Waals surface area contributed by atoms with Gasteiger partial charge in [0.25, 0.3) is 0 Å². The fraction of sp³-hybridized carbons (Fsp3) is 0.391. The number of pyridine rings is 1. The van der Waals surface area contributed by atoms with Crippen LogP contribution in [0.4, 0.5) is 0 Å². The predicted molar refractivity (Wildman–Crippen MR) is 120 cm³/mol. The lowest BCUT2D eigenvalue weighted by molar-refractivity contribution is 0.0488. The van der Waals surface area contributed by atoms with Gasteiger partial charge in [-0.15, -0.1) is 11.8 Å². The van der Waals surface area contributed by atoms with Crippen molar-refractivity contribution in [3.63, 3.8) is 0 Å². The molecule has 31 heavy (non-hydrogen) atoms. The molecule has 0 saturated carbocycles. The minimum atomic E-state index is -0.695. The summed E-state index contributed by atoms with van der Waals surface area (Å²) >= 11 is 1.56. The SMILES string of the molecule is CCCc1c2nc(C(=O)OCC)cc(SCC)c2cc2c(=O)cc(C(=O)OCC)oc12. The summed E-state index contributed by atoms with van der Waals surface area (Å²) in [6.45, 7) is 7.83. The molecule has 0 aliphatic carbocycles. The quantitative estimate of drug-likeness (QED) is 0.279. The lowest BCUT2D eigenvalue weighted by Gasteiger charge is -2.14. The van der Waals surface area contributed by atoms with Crippen molar-refractivity contribution < 1.29 is 23.5 Å². The summed E-state index contributed by atoms with van der Waals surface area (Å²) in [5.41, 5.74) is 1.42. The summed E-state index contributed by atoms with van der Waals surface area (Å²) in [5.74, 6) is -0.578. The average molecular weight is 444 g/mol. The van der Waals surface area contributed by atoms with E-state index in [9.17, 15) is 14.4 Å². The second kappa shape index (κ2) is 9.96. The number of aromatic nitrogens is 1. The van der Waals surface area contributed by atoms with E-state index < -0.39 is 11.9 Å². The second-order valence-electron chi connectivity index (χ2n) is 6.73. The van der Waals surface area contributed by atoms with Crippen molar-refractivity contribution in [1.82, 2.24) is 4.98 Å². The second-order valence-corrected chi connectivity index (χ2v) is 8.04. The van der Waals surface area contributed by atoms with Gasteiger partial charge >= 0.3 is 11.9 Å². The molecule has 0 saturated heterocycles. The number of carbonyl (C=O) groups excluding carboxylic acids is 2. The normalized spacial score (nSPS) is 11.1. The molecule has 3 aromatic rings. The van der Waals surface area contributed by atoms with Crippen LogP contribution in [-0.2, 0) is 15.9 Å². The molecule has 0 fully saturated rings. The molecule has 0 bridgehead atoms. The van der Waals surface area contributed by atoms with Gasteiger partial charge in [0, 0.05) is 21.9 Å². The Morgan fingerprint density at radius 1 is 1.00 bits per heavy atom. The van der Waals surface area contributed by atoms with Crippen LogP contribution in [0.15, 0.2) is 32.3 Å². The van der Waals surface area contributed by atoms with Crippen LogP contribution < -0.4 is 5.43 Å². The molecule has 0 N–H and O–H groups in total. The number of benzene rings is 1. The van der Waals surface area contributed by atoms with Crippen molar-refractivity contribution in [2.24, 2.45) is 0 Å². The first kappa shape index (κ1) is 22.8. The van der Waals surface area contributed by atoms with Gasteiger partial charge in [-0.1, -0.05) is 20.3 Å². The third kappa shape index (κ3) is 4.58. The van der Waals surface area contributed by atoms with Crippen LogP contribution >= 0.6 is 11.8 Å². The largest absolute Gasteiger partial charge is 0.461 e. The zero-order valence-electron chi connectivity index (χ0n) is 18.1. The Balaban J connectivity index is 2.41. The van der Waals surface area contributed by atoms with Crippen LogP contribution in [0.1, 0.15) is 60.7 Å². The molecule has 0 aliphatic rings. The van der Waals surface area contributed by atoms with E-state index in [0.29, 0.717) is 28.5 Å². The molecule has 2 heterocycles. The Labute approximate surface area is 184 Å². The minimum Gasteiger partial charge on any atom is -0.461 e. The summed E-state index contributed by atoms with van der Waals surface area (Å²) in [7, 11) is 0. The number of aryl methyl sites for hydroxylation is 1. The fourth-order valence-corrected chi connectivity index (χ4v) is 4.20. The van der Waals surface area contributed by atoms with Gasteiger partial charge < -0.3 is 13.9 Å². The molecule has 3 rings (SSSR count). The fourth-order valence-electron chi connectivity index (χ4n) is 3.39. The Hall–Kier alpha value is -2.87. The van der Waals surface area contributed by atoms with Gasteiger partial charge in [0.1, 0.15) is 11.3 Å².